The Labute approximate surface area is 194 Å². The predicted octanol–water partition coefficient (Wildman–Crippen LogP) is 1.77. The lowest BCUT2D eigenvalue weighted by atomic mass is 9.74. The van der Waals surface area contributed by atoms with Crippen molar-refractivity contribution >= 4 is 23.8 Å². The van der Waals surface area contributed by atoms with E-state index in [4.69, 9.17) is 9.47 Å². The van der Waals surface area contributed by atoms with Gasteiger partial charge in [-0.3, -0.25) is 19.3 Å². The summed E-state index contributed by atoms with van der Waals surface area (Å²) in [6, 6.07) is 7.30. The number of methoxy groups -OCH3 is 1. The maximum absolute atomic E-state index is 13.5. The zero-order chi connectivity index (χ0) is 24.0. The minimum Gasteiger partial charge on any atom is -0.450 e. The first-order chi connectivity index (χ1) is 15.8. The SMILES string of the molecule is CCOC(=O)N1CCC(NC(=O)C[C@]2(c3ccccc3C)CC(=O)N(CCOC)C2=O)CC1. The number of hydrogen-bond donors (Lipinski definition) is 1. The molecule has 0 unspecified atom stereocenters. The van der Waals surface area contributed by atoms with Gasteiger partial charge in [-0.05, 0) is 37.8 Å². The molecule has 1 atom stereocenters. The Morgan fingerprint density at radius 2 is 1.88 bits per heavy atom. The van der Waals surface area contributed by atoms with Crippen molar-refractivity contribution in [3.63, 3.8) is 0 Å². The number of carbonyl (C=O) groups is 4. The van der Waals surface area contributed by atoms with Crippen LogP contribution in [-0.2, 0) is 29.3 Å². The Bertz CT molecular complexity index is 896. The van der Waals surface area contributed by atoms with Gasteiger partial charge in [0.15, 0.2) is 0 Å². The Kier molecular flexibility index (Phi) is 8.07. The molecule has 9 heteroatoms. The molecule has 0 radical (unpaired) electrons. The highest BCUT2D eigenvalue weighted by Crippen LogP contribution is 2.41. The van der Waals surface area contributed by atoms with Crippen LogP contribution in [0.3, 0.4) is 0 Å². The quantitative estimate of drug-likeness (QED) is 0.594. The number of aryl methyl sites for hydroxylation is 1. The Hall–Kier alpha value is -2.94. The Morgan fingerprint density at radius 1 is 1.18 bits per heavy atom. The van der Waals surface area contributed by atoms with Crippen LogP contribution in [0.25, 0.3) is 0 Å². The van der Waals surface area contributed by atoms with Gasteiger partial charge in [-0.25, -0.2) is 4.79 Å². The van der Waals surface area contributed by atoms with Crippen molar-refractivity contribution in [3.8, 4) is 0 Å². The molecule has 2 aliphatic rings. The maximum Gasteiger partial charge on any atom is 0.409 e. The number of rotatable bonds is 8. The number of carbonyl (C=O) groups excluding carboxylic acids is 4. The molecule has 2 fully saturated rings. The number of nitrogens with one attached hydrogen (secondary N) is 1. The summed E-state index contributed by atoms with van der Waals surface area (Å²) >= 11 is 0. The van der Waals surface area contributed by atoms with Gasteiger partial charge in [-0.1, -0.05) is 24.3 Å². The van der Waals surface area contributed by atoms with E-state index in [1.165, 1.54) is 12.0 Å². The summed E-state index contributed by atoms with van der Waals surface area (Å²) in [5.74, 6) is -0.926. The summed E-state index contributed by atoms with van der Waals surface area (Å²) in [5.41, 5.74) is 0.338. The van der Waals surface area contributed by atoms with Gasteiger partial charge in [-0.2, -0.15) is 0 Å². The molecule has 0 bridgehead atoms. The molecular formula is C24H33N3O6. The molecule has 2 saturated heterocycles. The van der Waals surface area contributed by atoms with E-state index in [-0.39, 0.29) is 55.8 Å². The van der Waals surface area contributed by atoms with Gasteiger partial charge in [0.05, 0.1) is 25.2 Å². The largest absolute Gasteiger partial charge is 0.450 e. The lowest BCUT2D eigenvalue weighted by molar-refractivity contribution is -0.142. The molecular weight excluding hydrogens is 426 g/mol. The molecule has 9 nitrogen and oxygen atoms in total. The number of nitrogens with zero attached hydrogens (tertiary/aromatic N) is 2. The first-order valence-corrected chi connectivity index (χ1v) is 11.4. The van der Waals surface area contributed by atoms with Gasteiger partial charge in [0.2, 0.25) is 17.7 Å². The number of ether oxygens (including phenoxy) is 2. The minimum atomic E-state index is -1.23. The number of amides is 4. The van der Waals surface area contributed by atoms with E-state index in [9.17, 15) is 19.2 Å². The molecule has 1 aromatic rings. The van der Waals surface area contributed by atoms with Crippen LogP contribution in [0, 0.1) is 6.92 Å². The van der Waals surface area contributed by atoms with Crippen molar-refractivity contribution in [2.45, 2.75) is 51.0 Å². The molecule has 0 spiro atoms. The van der Waals surface area contributed by atoms with Crippen LogP contribution in [0.4, 0.5) is 4.79 Å². The normalized spacial score (nSPS) is 21.4. The molecule has 3 rings (SSSR count). The van der Waals surface area contributed by atoms with Crippen LogP contribution in [0.15, 0.2) is 24.3 Å². The highest BCUT2D eigenvalue weighted by atomic mass is 16.6. The number of imide groups is 1. The van der Waals surface area contributed by atoms with Crippen molar-refractivity contribution in [3.05, 3.63) is 35.4 Å². The molecule has 2 aliphatic heterocycles. The fourth-order valence-corrected chi connectivity index (χ4v) is 4.74. The third-order valence-electron chi connectivity index (χ3n) is 6.44. The molecule has 4 amide bonds. The molecule has 2 heterocycles. The van der Waals surface area contributed by atoms with E-state index < -0.39 is 5.41 Å². The summed E-state index contributed by atoms with van der Waals surface area (Å²) in [7, 11) is 1.51. The van der Waals surface area contributed by atoms with Gasteiger partial charge in [0.25, 0.3) is 0 Å². The van der Waals surface area contributed by atoms with Crippen molar-refractivity contribution < 1.29 is 28.7 Å². The van der Waals surface area contributed by atoms with Crippen LogP contribution >= 0.6 is 0 Å². The number of piperidine rings is 1. The number of benzene rings is 1. The first-order valence-electron chi connectivity index (χ1n) is 11.4. The van der Waals surface area contributed by atoms with Crippen molar-refractivity contribution in [2.24, 2.45) is 0 Å². The van der Waals surface area contributed by atoms with E-state index >= 15 is 0 Å². The molecule has 0 aromatic heterocycles. The van der Waals surface area contributed by atoms with E-state index in [0.29, 0.717) is 38.1 Å². The second-order valence-corrected chi connectivity index (χ2v) is 8.62. The molecule has 1 aromatic carbocycles. The van der Waals surface area contributed by atoms with Gasteiger partial charge < -0.3 is 19.7 Å². The summed E-state index contributed by atoms with van der Waals surface area (Å²) in [5, 5.41) is 3.02. The molecule has 180 valence electrons. The van der Waals surface area contributed by atoms with Crippen LogP contribution < -0.4 is 5.32 Å². The molecule has 0 aliphatic carbocycles. The van der Waals surface area contributed by atoms with Crippen molar-refractivity contribution in [1.82, 2.24) is 15.1 Å². The average molecular weight is 460 g/mol. The van der Waals surface area contributed by atoms with Crippen molar-refractivity contribution in [2.75, 3.05) is 40.0 Å². The Balaban J connectivity index is 1.74. The van der Waals surface area contributed by atoms with Crippen molar-refractivity contribution in [1.29, 1.82) is 0 Å². The fraction of sp³-hybridized carbons (Fsp3) is 0.583. The number of hydrogen-bond acceptors (Lipinski definition) is 6. The van der Waals surface area contributed by atoms with E-state index in [0.717, 1.165) is 5.56 Å². The maximum atomic E-state index is 13.5. The average Bonchev–Trinajstić information content (AvgIpc) is 3.02. The van der Waals surface area contributed by atoms with E-state index in [1.807, 2.05) is 31.2 Å². The minimum absolute atomic E-state index is 0.0465. The zero-order valence-corrected chi connectivity index (χ0v) is 19.6. The third-order valence-corrected chi connectivity index (χ3v) is 6.44. The van der Waals surface area contributed by atoms with Crippen LogP contribution in [0.5, 0.6) is 0 Å². The van der Waals surface area contributed by atoms with Gasteiger partial charge in [0.1, 0.15) is 0 Å². The monoisotopic (exact) mass is 459 g/mol. The molecule has 33 heavy (non-hydrogen) atoms. The molecule has 1 N–H and O–H groups in total. The van der Waals surface area contributed by atoms with Gasteiger partial charge in [-0.15, -0.1) is 0 Å². The first kappa shape index (κ1) is 24.7. The summed E-state index contributed by atoms with van der Waals surface area (Å²) < 4.78 is 10.1. The third kappa shape index (κ3) is 5.35. The summed E-state index contributed by atoms with van der Waals surface area (Å²) in [6.07, 6.45) is 0.717. The standard InChI is InChI=1S/C24H33N3O6/c1-4-33-23(31)26-11-9-18(10-12-26)25-20(28)15-24(19-8-6-5-7-17(19)2)16-21(29)27(22(24)30)13-14-32-3/h5-8,18H,4,9-16H2,1-3H3,(H,25,28)/t24-/m1/s1. The van der Waals surface area contributed by atoms with Crippen LogP contribution in [-0.4, -0.2) is 79.6 Å². The topological polar surface area (TPSA) is 105 Å². The highest BCUT2D eigenvalue weighted by molar-refractivity contribution is 6.11. The van der Waals surface area contributed by atoms with Crippen LogP contribution in [0.2, 0.25) is 0 Å². The fourth-order valence-electron chi connectivity index (χ4n) is 4.74. The van der Waals surface area contributed by atoms with E-state index in [1.54, 1.807) is 11.8 Å². The number of likely N-dealkylation sites (tertiary alicyclic amines) is 2. The molecule has 0 saturated carbocycles. The van der Waals surface area contributed by atoms with E-state index in [2.05, 4.69) is 5.32 Å². The highest BCUT2D eigenvalue weighted by Gasteiger charge is 2.54. The van der Waals surface area contributed by atoms with Gasteiger partial charge in [0, 0.05) is 39.1 Å². The predicted molar refractivity (Wildman–Crippen MR) is 120 cm³/mol. The summed E-state index contributed by atoms with van der Waals surface area (Å²) in [4.78, 5) is 54.2. The second kappa shape index (κ2) is 10.8. The zero-order valence-electron chi connectivity index (χ0n) is 19.6. The lowest BCUT2D eigenvalue weighted by Crippen LogP contribution is -2.49. The summed E-state index contributed by atoms with van der Waals surface area (Å²) in [6.45, 7) is 5.37. The van der Waals surface area contributed by atoms with Gasteiger partial charge >= 0.3 is 6.09 Å². The van der Waals surface area contributed by atoms with Crippen LogP contribution in [0.1, 0.15) is 43.7 Å². The Morgan fingerprint density at radius 3 is 2.52 bits per heavy atom. The second-order valence-electron chi connectivity index (χ2n) is 8.62. The smallest absolute Gasteiger partial charge is 0.409 e. The lowest BCUT2D eigenvalue weighted by Gasteiger charge is -2.33.